The third kappa shape index (κ3) is 5.02. The highest BCUT2D eigenvalue weighted by molar-refractivity contribution is 5.93. The van der Waals surface area contributed by atoms with Gasteiger partial charge in [0.15, 0.2) is 5.69 Å². The average Bonchev–Trinajstić information content (AvgIpc) is 3.21. The Morgan fingerprint density at radius 2 is 1.77 bits per heavy atom. The van der Waals surface area contributed by atoms with Crippen molar-refractivity contribution >= 4 is 17.6 Å². The summed E-state index contributed by atoms with van der Waals surface area (Å²) in [6.45, 7) is 8.08. The topological polar surface area (TPSA) is 73.2 Å². The van der Waals surface area contributed by atoms with Gasteiger partial charge in [0.25, 0.3) is 0 Å². The number of nitrogens with one attached hydrogen (secondary N) is 1. The van der Waals surface area contributed by atoms with Gasteiger partial charge >= 0.3 is 5.97 Å². The summed E-state index contributed by atoms with van der Waals surface area (Å²) in [7, 11) is 0. The first-order valence-corrected chi connectivity index (χ1v) is 10.7. The molecule has 162 valence electrons. The van der Waals surface area contributed by atoms with E-state index in [1.54, 1.807) is 17.7 Å². The molecule has 3 aromatic rings. The van der Waals surface area contributed by atoms with E-state index in [1.165, 1.54) is 0 Å². The van der Waals surface area contributed by atoms with Crippen molar-refractivity contribution in [3.8, 4) is 16.9 Å². The normalized spacial score (nSPS) is 10.9. The van der Waals surface area contributed by atoms with E-state index in [4.69, 9.17) is 4.74 Å². The third-order valence-electron chi connectivity index (χ3n) is 5.32. The van der Waals surface area contributed by atoms with Gasteiger partial charge in [-0.05, 0) is 56.5 Å². The first-order chi connectivity index (χ1) is 15.0. The first kappa shape index (κ1) is 22.3. The zero-order chi connectivity index (χ0) is 22.4. The third-order valence-corrected chi connectivity index (χ3v) is 5.32. The molecule has 1 amide bonds. The number of amides is 1. The largest absolute Gasteiger partial charge is 0.461 e. The molecule has 0 spiro atoms. The Bertz CT molecular complexity index is 1070. The summed E-state index contributed by atoms with van der Waals surface area (Å²) < 4.78 is 6.91. The van der Waals surface area contributed by atoms with Gasteiger partial charge in [0.2, 0.25) is 5.91 Å². The van der Waals surface area contributed by atoms with Gasteiger partial charge in [0.1, 0.15) is 0 Å². The molecule has 0 bridgehead atoms. The Morgan fingerprint density at radius 1 is 1.03 bits per heavy atom. The van der Waals surface area contributed by atoms with Gasteiger partial charge in [-0.25, -0.2) is 9.48 Å². The van der Waals surface area contributed by atoms with Crippen LogP contribution in [-0.4, -0.2) is 28.3 Å². The number of esters is 1. The summed E-state index contributed by atoms with van der Waals surface area (Å²) in [6.07, 6.45) is 1.59. The second-order valence-corrected chi connectivity index (χ2v) is 7.42. The van der Waals surface area contributed by atoms with E-state index in [0.29, 0.717) is 5.69 Å². The standard InChI is InChI=1S/C25H29N3O3/c1-5-18(6-2)24(29)26-20-13-10-12-19(15-20)23-16-21(25(30)31-7-3)27-28(23)22-14-9-8-11-17(22)4/h8-16,18H,5-7H2,1-4H3,(H,26,29). The van der Waals surface area contributed by atoms with Gasteiger partial charge in [-0.2, -0.15) is 5.10 Å². The van der Waals surface area contributed by atoms with E-state index in [1.807, 2.05) is 69.3 Å². The molecule has 6 nitrogen and oxygen atoms in total. The Labute approximate surface area is 183 Å². The van der Waals surface area contributed by atoms with Gasteiger partial charge in [0.05, 0.1) is 18.0 Å². The van der Waals surface area contributed by atoms with E-state index in [2.05, 4.69) is 10.4 Å². The molecule has 0 fully saturated rings. The minimum Gasteiger partial charge on any atom is -0.461 e. The number of rotatable bonds is 8. The minimum absolute atomic E-state index is 0.0155. The quantitative estimate of drug-likeness (QED) is 0.496. The maximum atomic E-state index is 12.5. The Balaban J connectivity index is 2.04. The second-order valence-electron chi connectivity index (χ2n) is 7.42. The molecule has 0 aliphatic rings. The van der Waals surface area contributed by atoms with Crippen LogP contribution in [0.4, 0.5) is 5.69 Å². The lowest BCUT2D eigenvalue weighted by molar-refractivity contribution is -0.120. The van der Waals surface area contributed by atoms with Crippen molar-refractivity contribution in [2.24, 2.45) is 5.92 Å². The molecule has 0 unspecified atom stereocenters. The first-order valence-electron chi connectivity index (χ1n) is 10.7. The van der Waals surface area contributed by atoms with Crippen LogP contribution in [-0.2, 0) is 9.53 Å². The van der Waals surface area contributed by atoms with Crippen LogP contribution in [0, 0.1) is 12.8 Å². The minimum atomic E-state index is -0.464. The van der Waals surface area contributed by atoms with Crippen molar-refractivity contribution in [1.82, 2.24) is 9.78 Å². The predicted molar refractivity (Wildman–Crippen MR) is 122 cm³/mol. The number of hydrogen-bond donors (Lipinski definition) is 1. The zero-order valence-electron chi connectivity index (χ0n) is 18.5. The second kappa shape index (κ2) is 10.1. The summed E-state index contributed by atoms with van der Waals surface area (Å²) in [5.74, 6) is -0.465. The number of carbonyl (C=O) groups excluding carboxylic acids is 2. The Morgan fingerprint density at radius 3 is 2.45 bits per heavy atom. The fourth-order valence-corrected chi connectivity index (χ4v) is 3.54. The van der Waals surface area contributed by atoms with Crippen molar-refractivity contribution in [3.05, 3.63) is 65.9 Å². The molecule has 1 heterocycles. The maximum Gasteiger partial charge on any atom is 0.358 e. The molecule has 6 heteroatoms. The van der Waals surface area contributed by atoms with E-state index in [-0.39, 0.29) is 24.1 Å². The molecule has 1 aromatic heterocycles. The Hall–Kier alpha value is -3.41. The van der Waals surface area contributed by atoms with Crippen molar-refractivity contribution in [2.75, 3.05) is 11.9 Å². The number of carbonyl (C=O) groups is 2. The molecule has 0 aliphatic carbocycles. The molecule has 0 saturated carbocycles. The summed E-state index contributed by atoms with van der Waals surface area (Å²) in [5, 5.41) is 7.55. The van der Waals surface area contributed by atoms with Crippen molar-refractivity contribution in [2.45, 2.75) is 40.5 Å². The Kier molecular flexibility index (Phi) is 7.23. The van der Waals surface area contributed by atoms with Crippen LogP contribution in [0.2, 0.25) is 0 Å². The molecular weight excluding hydrogens is 390 g/mol. The fourth-order valence-electron chi connectivity index (χ4n) is 3.54. The number of aryl methyl sites for hydroxylation is 1. The van der Waals surface area contributed by atoms with Crippen molar-refractivity contribution in [1.29, 1.82) is 0 Å². The fraction of sp³-hybridized carbons (Fsp3) is 0.320. The highest BCUT2D eigenvalue weighted by atomic mass is 16.5. The van der Waals surface area contributed by atoms with Crippen LogP contribution in [0.15, 0.2) is 54.6 Å². The van der Waals surface area contributed by atoms with Crippen LogP contribution in [0.5, 0.6) is 0 Å². The van der Waals surface area contributed by atoms with Gasteiger partial charge < -0.3 is 10.1 Å². The van der Waals surface area contributed by atoms with Crippen LogP contribution >= 0.6 is 0 Å². The van der Waals surface area contributed by atoms with Gasteiger partial charge in [0, 0.05) is 17.2 Å². The lowest BCUT2D eigenvalue weighted by Crippen LogP contribution is -2.21. The number of nitrogens with zero attached hydrogens (tertiary/aromatic N) is 2. The number of benzene rings is 2. The monoisotopic (exact) mass is 419 g/mol. The van der Waals surface area contributed by atoms with Gasteiger partial charge in [-0.3, -0.25) is 4.79 Å². The molecule has 0 atom stereocenters. The van der Waals surface area contributed by atoms with Gasteiger partial charge in [-0.15, -0.1) is 0 Å². The molecule has 0 saturated heterocycles. The average molecular weight is 420 g/mol. The van der Waals surface area contributed by atoms with Crippen molar-refractivity contribution < 1.29 is 14.3 Å². The van der Waals surface area contributed by atoms with Crippen LogP contribution in [0.1, 0.15) is 49.7 Å². The summed E-state index contributed by atoms with van der Waals surface area (Å²) >= 11 is 0. The smallest absolute Gasteiger partial charge is 0.358 e. The van der Waals surface area contributed by atoms with Crippen LogP contribution in [0.3, 0.4) is 0 Å². The molecule has 31 heavy (non-hydrogen) atoms. The van der Waals surface area contributed by atoms with Crippen LogP contribution < -0.4 is 5.32 Å². The lowest BCUT2D eigenvalue weighted by atomic mass is 10.0. The zero-order valence-corrected chi connectivity index (χ0v) is 18.5. The van der Waals surface area contributed by atoms with Gasteiger partial charge in [-0.1, -0.05) is 44.2 Å². The van der Waals surface area contributed by atoms with Crippen molar-refractivity contribution in [3.63, 3.8) is 0 Å². The summed E-state index contributed by atoms with van der Waals surface area (Å²) in [6, 6.07) is 17.2. The molecule has 1 N–H and O–H groups in total. The molecule has 0 radical (unpaired) electrons. The van der Waals surface area contributed by atoms with Crippen LogP contribution in [0.25, 0.3) is 16.9 Å². The van der Waals surface area contributed by atoms with E-state index < -0.39 is 5.97 Å². The number of hydrogen-bond acceptors (Lipinski definition) is 4. The van der Waals surface area contributed by atoms with E-state index in [9.17, 15) is 9.59 Å². The highest BCUT2D eigenvalue weighted by Gasteiger charge is 2.19. The van der Waals surface area contributed by atoms with E-state index >= 15 is 0 Å². The lowest BCUT2D eigenvalue weighted by Gasteiger charge is -2.14. The predicted octanol–water partition coefficient (Wildman–Crippen LogP) is 5.40. The van der Waals surface area contributed by atoms with E-state index in [0.717, 1.165) is 35.3 Å². The maximum absolute atomic E-state index is 12.5. The number of aromatic nitrogens is 2. The summed E-state index contributed by atoms with van der Waals surface area (Å²) in [5.41, 5.74) is 4.45. The summed E-state index contributed by atoms with van der Waals surface area (Å²) in [4.78, 5) is 24.9. The number of ether oxygens (including phenoxy) is 1. The molecule has 0 aliphatic heterocycles. The highest BCUT2D eigenvalue weighted by Crippen LogP contribution is 2.28. The number of anilines is 1. The molecule has 3 rings (SSSR count). The number of para-hydroxylation sites is 1. The SMILES string of the molecule is CCOC(=O)c1cc(-c2cccc(NC(=O)C(CC)CC)c2)n(-c2ccccc2C)n1. The molecular formula is C25H29N3O3. The molecule has 2 aromatic carbocycles.